The van der Waals surface area contributed by atoms with E-state index < -0.39 is 10.0 Å². The van der Waals surface area contributed by atoms with E-state index in [2.05, 4.69) is 34.5 Å². The van der Waals surface area contributed by atoms with Crippen molar-refractivity contribution in [2.24, 2.45) is 11.8 Å². The third-order valence-electron chi connectivity index (χ3n) is 4.02. The van der Waals surface area contributed by atoms with Gasteiger partial charge in [0.2, 0.25) is 10.0 Å². The maximum atomic E-state index is 12.4. The summed E-state index contributed by atoms with van der Waals surface area (Å²) in [5, 5.41) is 0. The molecule has 1 fully saturated rings. The lowest BCUT2D eigenvalue weighted by Gasteiger charge is -2.20. The van der Waals surface area contributed by atoms with E-state index in [1.54, 1.807) is 12.1 Å². The van der Waals surface area contributed by atoms with Gasteiger partial charge in [-0.2, -0.15) is 0 Å². The van der Waals surface area contributed by atoms with Crippen LogP contribution in [0.1, 0.15) is 26.7 Å². The lowest BCUT2D eigenvalue weighted by atomic mass is 9.98. The Bertz CT molecular complexity index is 574. The van der Waals surface area contributed by atoms with Crippen LogP contribution in [0.2, 0.25) is 0 Å². The predicted octanol–water partition coefficient (Wildman–Crippen LogP) is 2.74. The van der Waals surface area contributed by atoms with Gasteiger partial charge in [0.05, 0.1) is 4.90 Å². The predicted molar refractivity (Wildman–Crippen MR) is 80.2 cm³/mol. The van der Waals surface area contributed by atoms with Crippen molar-refractivity contribution >= 4 is 31.6 Å². The Kier molecular flexibility index (Phi) is 4.23. The van der Waals surface area contributed by atoms with Crippen molar-refractivity contribution in [3.8, 4) is 0 Å². The molecule has 3 atom stereocenters. The molecule has 3 N–H and O–H groups in total. The number of benzene rings is 1. The lowest BCUT2D eigenvalue weighted by molar-refractivity contribution is 0.402. The summed E-state index contributed by atoms with van der Waals surface area (Å²) in [6.07, 6.45) is 1.95. The quantitative estimate of drug-likeness (QED) is 0.826. The first-order valence-electron chi connectivity index (χ1n) is 6.38. The molecular formula is C13H19BrN2O2S. The van der Waals surface area contributed by atoms with E-state index in [1.807, 2.05) is 0 Å². The fourth-order valence-corrected chi connectivity index (χ4v) is 4.88. The van der Waals surface area contributed by atoms with Gasteiger partial charge in [-0.3, -0.25) is 0 Å². The molecular weight excluding hydrogens is 328 g/mol. The number of nitrogen functional groups attached to an aromatic ring is 1. The minimum absolute atomic E-state index is 0.00771. The Balaban J connectivity index is 2.26. The summed E-state index contributed by atoms with van der Waals surface area (Å²) in [6, 6.07) is 4.82. The number of anilines is 1. The Morgan fingerprint density at radius 2 is 2.00 bits per heavy atom. The van der Waals surface area contributed by atoms with Crippen molar-refractivity contribution in [2.45, 2.75) is 37.6 Å². The van der Waals surface area contributed by atoms with Crippen LogP contribution in [0.15, 0.2) is 27.6 Å². The average molecular weight is 347 g/mol. The minimum atomic E-state index is -3.53. The molecule has 0 bridgehead atoms. The van der Waals surface area contributed by atoms with Gasteiger partial charge in [-0.25, -0.2) is 13.1 Å². The van der Waals surface area contributed by atoms with Crippen LogP contribution in [0.3, 0.4) is 0 Å². The monoisotopic (exact) mass is 346 g/mol. The van der Waals surface area contributed by atoms with Gasteiger partial charge < -0.3 is 5.73 Å². The summed E-state index contributed by atoms with van der Waals surface area (Å²) in [6.45, 7) is 4.26. The minimum Gasteiger partial charge on any atom is -0.399 e. The Morgan fingerprint density at radius 1 is 1.32 bits per heavy atom. The molecule has 1 aromatic carbocycles. The topological polar surface area (TPSA) is 72.2 Å². The first-order chi connectivity index (χ1) is 8.81. The molecule has 0 radical (unpaired) electrons. The molecule has 6 heteroatoms. The number of hydrogen-bond donors (Lipinski definition) is 2. The van der Waals surface area contributed by atoms with Crippen molar-refractivity contribution in [1.82, 2.24) is 4.72 Å². The largest absolute Gasteiger partial charge is 0.399 e. The van der Waals surface area contributed by atoms with Crippen LogP contribution in [-0.4, -0.2) is 14.5 Å². The second-order valence-electron chi connectivity index (χ2n) is 5.33. The summed E-state index contributed by atoms with van der Waals surface area (Å²) in [5.41, 5.74) is 6.11. The Hall–Kier alpha value is -0.590. The van der Waals surface area contributed by atoms with Crippen molar-refractivity contribution in [2.75, 3.05) is 5.73 Å². The maximum absolute atomic E-state index is 12.4. The smallest absolute Gasteiger partial charge is 0.242 e. The molecule has 4 nitrogen and oxygen atoms in total. The van der Waals surface area contributed by atoms with Crippen LogP contribution >= 0.6 is 15.9 Å². The summed E-state index contributed by atoms with van der Waals surface area (Å²) >= 11 is 3.27. The van der Waals surface area contributed by atoms with Crippen LogP contribution in [0.5, 0.6) is 0 Å². The molecule has 106 valence electrons. The lowest BCUT2D eigenvalue weighted by Crippen LogP contribution is -2.37. The molecule has 3 unspecified atom stereocenters. The van der Waals surface area contributed by atoms with Gasteiger partial charge in [-0.05, 0) is 58.8 Å². The zero-order chi connectivity index (χ0) is 14.2. The molecule has 19 heavy (non-hydrogen) atoms. The van der Waals surface area contributed by atoms with E-state index in [9.17, 15) is 8.42 Å². The van der Waals surface area contributed by atoms with E-state index in [-0.39, 0.29) is 10.9 Å². The molecule has 1 saturated carbocycles. The average Bonchev–Trinajstić information content (AvgIpc) is 2.63. The summed E-state index contributed by atoms with van der Waals surface area (Å²) in [7, 11) is -3.53. The van der Waals surface area contributed by atoms with E-state index in [0.29, 0.717) is 22.0 Å². The fourth-order valence-electron chi connectivity index (χ4n) is 2.52. The van der Waals surface area contributed by atoms with Crippen molar-refractivity contribution < 1.29 is 8.42 Å². The van der Waals surface area contributed by atoms with Gasteiger partial charge in [0, 0.05) is 16.2 Å². The van der Waals surface area contributed by atoms with Crippen molar-refractivity contribution in [3.63, 3.8) is 0 Å². The number of rotatable bonds is 3. The third-order valence-corrected chi connectivity index (χ3v) is 6.50. The normalized spacial score (nSPS) is 27.6. The summed E-state index contributed by atoms with van der Waals surface area (Å²) in [4.78, 5) is 0.208. The van der Waals surface area contributed by atoms with Crippen LogP contribution < -0.4 is 10.5 Å². The molecule has 0 spiro atoms. The van der Waals surface area contributed by atoms with Crippen LogP contribution in [0, 0.1) is 11.8 Å². The second-order valence-corrected chi connectivity index (χ2v) is 7.87. The molecule has 1 aliphatic carbocycles. The van der Waals surface area contributed by atoms with Crippen molar-refractivity contribution in [1.29, 1.82) is 0 Å². The standard InChI is InChI=1S/C13H19BrN2O2S/c1-8-3-6-12(9(8)2)16-19(17,18)13-7-10(15)4-5-11(13)14/h4-5,7-9,12,16H,3,6,15H2,1-2H3. The maximum Gasteiger partial charge on any atom is 0.242 e. The second kappa shape index (κ2) is 5.42. The molecule has 2 rings (SSSR count). The van der Waals surface area contributed by atoms with E-state index >= 15 is 0 Å². The number of halogens is 1. The molecule has 0 saturated heterocycles. The number of nitrogens with two attached hydrogens (primary N) is 1. The van der Waals surface area contributed by atoms with Crippen LogP contribution in [0.25, 0.3) is 0 Å². The van der Waals surface area contributed by atoms with E-state index in [4.69, 9.17) is 5.73 Å². The highest BCUT2D eigenvalue weighted by Gasteiger charge is 2.33. The molecule has 0 amide bonds. The molecule has 0 aliphatic heterocycles. The SMILES string of the molecule is CC1CCC(NS(=O)(=O)c2cc(N)ccc2Br)C1C. The van der Waals surface area contributed by atoms with Crippen molar-refractivity contribution in [3.05, 3.63) is 22.7 Å². The first kappa shape index (κ1) is 14.8. The highest BCUT2D eigenvalue weighted by molar-refractivity contribution is 9.10. The third kappa shape index (κ3) is 3.12. The van der Waals surface area contributed by atoms with Crippen LogP contribution in [-0.2, 0) is 10.0 Å². The van der Waals surface area contributed by atoms with Gasteiger partial charge >= 0.3 is 0 Å². The van der Waals surface area contributed by atoms with Gasteiger partial charge in [0.15, 0.2) is 0 Å². The van der Waals surface area contributed by atoms with Gasteiger partial charge in [-0.15, -0.1) is 0 Å². The zero-order valence-electron chi connectivity index (χ0n) is 11.1. The van der Waals surface area contributed by atoms with E-state index in [1.165, 1.54) is 6.07 Å². The molecule has 0 heterocycles. The Morgan fingerprint density at radius 3 is 2.58 bits per heavy atom. The molecule has 0 aromatic heterocycles. The van der Waals surface area contributed by atoms with Gasteiger partial charge in [0.1, 0.15) is 0 Å². The fraction of sp³-hybridized carbons (Fsp3) is 0.538. The number of nitrogens with one attached hydrogen (secondary N) is 1. The van der Waals surface area contributed by atoms with Gasteiger partial charge in [0.25, 0.3) is 0 Å². The Labute approximate surface area is 122 Å². The van der Waals surface area contributed by atoms with Crippen LogP contribution in [0.4, 0.5) is 5.69 Å². The summed E-state index contributed by atoms with van der Waals surface area (Å²) in [5.74, 6) is 0.909. The zero-order valence-corrected chi connectivity index (χ0v) is 13.5. The summed E-state index contributed by atoms with van der Waals surface area (Å²) < 4.78 is 28.2. The highest BCUT2D eigenvalue weighted by atomic mass is 79.9. The molecule has 1 aliphatic rings. The number of sulfonamides is 1. The number of hydrogen-bond acceptors (Lipinski definition) is 3. The van der Waals surface area contributed by atoms with Gasteiger partial charge in [-0.1, -0.05) is 13.8 Å². The highest BCUT2D eigenvalue weighted by Crippen LogP contribution is 2.33. The first-order valence-corrected chi connectivity index (χ1v) is 8.66. The van der Waals surface area contributed by atoms with E-state index in [0.717, 1.165) is 12.8 Å². The molecule has 1 aromatic rings.